The van der Waals surface area contributed by atoms with Crippen LogP contribution in [-0.4, -0.2) is 28.1 Å². The van der Waals surface area contributed by atoms with E-state index in [4.69, 9.17) is 10.5 Å². The molecule has 6 heteroatoms. The second-order valence-corrected chi connectivity index (χ2v) is 7.07. The standard InChI is InChI=1S/C18H32N4O2/c1-6-7-12-20-16-14(13(2)21-17(19)22-16)10-8-9-11-15(23)24-18(3,4)5/h6-12H2,1-5H3,(H3,19,20,21,22). The number of aromatic nitrogens is 2. The summed E-state index contributed by atoms with van der Waals surface area (Å²) >= 11 is 0. The summed E-state index contributed by atoms with van der Waals surface area (Å²) in [5.41, 5.74) is 7.33. The molecule has 0 radical (unpaired) electrons. The maximum absolute atomic E-state index is 11.7. The molecule has 0 amide bonds. The molecule has 0 saturated heterocycles. The third kappa shape index (κ3) is 7.62. The molecule has 24 heavy (non-hydrogen) atoms. The Kier molecular flexibility index (Phi) is 7.95. The number of rotatable bonds is 9. The van der Waals surface area contributed by atoms with Crippen LogP contribution in [0.2, 0.25) is 0 Å². The zero-order valence-corrected chi connectivity index (χ0v) is 15.7. The number of nitrogens with zero attached hydrogens (tertiary/aromatic N) is 2. The summed E-state index contributed by atoms with van der Waals surface area (Å²) in [5, 5.41) is 3.35. The van der Waals surface area contributed by atoms with Crippen molar-refractivity contribution in [3.05, 3.63) is 11.3 Å². The van der Waals surface area contributed by atoms with Crippen LogP contribution in [0, 0.1) is 6.92 Å². The number of hydrogen-bond acceptors (Lipinski definition) is 6. The minimum absolute atomic E-state index is 0.144. The van der Waals surface area contributed by atoms with E-state index in [0.29, 0.717) is 12.4 Å². The van der Waals surface area contributed by atoms with Crippen molar-refractivity contribution in [1.82, 2.24) is 9.97 Å². The predicted molar refractivity (Wildman–Crippen MR) is 98.0 cm³/mol. The van der Waals surface area contributed by atoms with Crippen molar-refractivity contribution in [1.29, 1.82) is 0 Å². The molecule has 0 aromatic carbocycles. The number of anilines is 2. The highest BCUT2D eigenvalue weighted by Crippen LogP contribution is 2.20. The molecule has 1 aromatic heterocycles. The lowest BCUT2D eigenvalue weighted by Crippen LogP contribution is -2.23. The first-order valence-corrected chi connectivity index (χ1v) is 8.81. The average molecular weight is 336 g/mol. The van der Waals surface area contributed by atoms with Gasteiger partial charge in [-0.3, -0.25) is 4.79 Å². The number of unbranched alkanes of at least 4 members (excludes halogenated alkanes) is 2. The highest BCUT2D eigenvalue weighted by molar-refractivity contribution is 5.69. The van der Waals surface area contributed by atoms with Crippen LogP contribution >= 0.6 is 0 Å². The number of hydrogen-bond donors (Lipinski definition) is 2. The molecule has 3 N–H and O–H groups in total. The molecule has 0 aliphatic rings. The smallest absolute Gasteiger partial charge is 0.306 e. The maximum atomic E-state index is 11.7. The number of nitrogens with two attached hydrogens (primary N) is 1. The molecule has 6 nitrogen and oxygen atoms in total. The first-order valence-electron chi connectivity index (χ1n) is 8.81. The van der Waals surface area contributed by atoms with Gasteiger partial charge in [0.2, 0.25) is 5.95 Å². The molecule has 0 spiro atoms. The Morgan fingerprint density at radius 3 is 2.54 bits per heavy atom. The van der Waals surface area contributed by atoms with E-state index in [1.165, 1.54) is 0 Å². The lowest BCUT2D eigenvalue weighted by atomic mass is 10.1. The highest BCUT2D eigenvalue weighted by atomic mass is 16.6. The first kappa shape index (κ1) is 20.2. The molecule has 0 saturated carbocycles. The molecule has 0 aliphatic carbocycles. The molecular weight excluding hydrogens is 304 g/mol. The number of nitrogens with one attached hydrogen (secondary N) is 1. The Morgan fingerprint density at radius 1 is 1.21 bits per heavy atom. The number of ether oxygens (including phenoxy) is 1. The topological polar surface area (TPSA) is 90.1 Å². The molecule has 0 atom stereocenters. The summed E-state index contributed by atoms with van der Waals surface area (Å²) in [7, 11) is 0. The predicted octanol–water partition coefficient (Wildman–Crippen LogP) is 3.63. The van der Waals surface area contributed by atoms with Crippen LogP contribution in [-0.2, 0) is 16.0 Å². The zero-order chi connectivity index (χ0) is 18.2. The van der Waals surface area contributed by atoms with Gasteiger partial charge < -0.3 is 15.8 Å². The Balaban J connectivity index is 2.56. The van der Waals surface area contributed by atoms with Crippen molar-refractivity contribution in [3.8, 4) is 0 Å². The molecular formula is C18H32N4O2. The second-order valence-electron chi connectivity index (χ2n) is 7.07. The van der Waals surface area contributed by atoms with Crippen LogP contribution in [0.15, 0.2) is 0 Å². The van der Waals surface area contributed by atoms with Gasteiger partial charge in [0.05, 0.1) is 0 Å². The van der Waals surface area contributed by atoms with Crippen LogP contribution < -0.4 is 11.1 Å². The number of carbonyl (C=O) groups excluding carboxylic acids is 1. The lowest BCUT2D eigenvalue weighted by Gasteiger charge is -2.19. The normalized spacial score (nSPS) is 11.4. The van der Waals surface area contributed by atoms with Gasteiger partial charge >= 0.3 is 5.97 Å². The fourth-order valence-electron chi connectivity index (χ4n) is 2.41. The molecule has 0 fully saturated rings. The van der Waals surface area contributed by atoms with Gasteiger partial charge in [0, 0.05) is 24.2 Å². The van der Waals surface area contributed by atoms with Gasteiger partial charge in [-0.1, -0.05) is 13.3 Å². The summed E-state index contributed by atoms with van der Waals surface area (Å²) in [6.07, 6.45) is 5.13. The average Bonchev–Trinajstić information content (AvgIpc) is 2.43. The van der Waals surface area contributed by atoms with Crippen molar-refractivity contribution < 1.29 is 9.53 Å². The first-order chi connectivity index (χ1) is 11.2. The Bertz CT molecular complexity index is 539. The van der Waals surface area contributed by atoms with E-state index >= 15 is 0 Å². The van der Waals surface area contributed by atoms with E-state index in [-0.39, 0.29) is 5.97 Å². The lowest BCUT2D eigenvalue weighted by molar-refractivity contribution is -0.154. The fourth-order valence-corrected chi connectivity index (χ4v) is 2.41. The second kappa shape index (κ2) is 9.45. The van der Waals surface area contributed by atoms with Crippen molar-refractivity contribution in [2.24, 2.45) is 0 Å². The minimum Gasteiger partial charge on any atom is -0.460 e. The number of aryl methyl sites for hydroxylation is 1. The van der Waals surface area contributed by atoms with E-state index in [1.54, 1.807) is 0 Å². The Hall–Kier alpha value is -1.85. The van der Waals surface area contributed by atoms with Crippen LogP contribution in [0.25, 0.3) is 0 Å². The van der Waals surface area contributed by atoms with Crippen LogP contribution in [0.4, 0.5) is 11.8 Å². The van der Waals surface area contributed by atoms with Gasteiger partial charge in [-0.15, -0.1) is 0 Å². The van der Waals surface area contributed by atoms with Crippen molar-refractivity contribution in [2.45, 2.75) is 78.7 Å². The van der Waals surface area contributed by atoms with Gasteiger partial charge in [-0.2, -0.15) is 4.98 Å². The fraction of sp³-hybridized carbons (Fsp3) is 0.722. The quantitative estimate of drug-likeness (QED) is 0.528. The van der Waals surface area contributed by atoms with Gasteiger partial charge in [-0.05, 0) is 53.4 Å². The van der Waals surface area contributed by atoms with Crippen molar-refractivity contribution in [3.63, 3.8) is 0 Å². The molecule has 0 unspecified atom stereocenters. The molecule has 1 rings (SSSR count). The van der Waals surface area contributed by atoms with E-state index in [9.17, 15) is 4.79 Å². The molecule has 1 aromatic rings. The SMILES string of the molecule is CCCCNc1nc(N)nc(C)c1CCCCC(=O)OC(C)(C)C. The van der Waals surface area contributed by atoms with E-state index in [1.807, 2.05) is 27.7 Å². The van der Waals surface area contributed by atoms with Gasteiger partial charge in [0.15, 0.2) is 0 Å². The number of carbonyl (C=O) groups is 1. The Labute approximate surface area is 145 Å². The van der Waals surface area contributed by atoms with Crippen molar-refractivity contribution in [2.75, 3.05) is 17.6 Å². The van der Waals surface area contributed by atoms with Crippen molar-refractivity contribution >= 4 is 17.7 Å². The minimum atomic E-state index is -0.422. The molecule has 0 bridgehead atoms. The van der Waals surface area contributed by atoms with E-state index in [0.717, 1.165) is 55.7 Å². The maximum Gasteiger partial charge on any atom is 0.306 e. The zero-order valence-electron chi connectivity index (χ0n) is 15.7. The summed E-state index contributed by atoms with van der Waals surface area (Å²) < 4.78 is 5.33. The summed E-state index contributed by atoms with van der Waals surface area (Å²) in [4.78, 5) is 20.3. The summed E-state index contributed by atoms with van der Waals surface area (Å²) in [6.45, 7) is 10.6. The summed E-state index contributed by atoms with van der Waals surface area (Å²) in [5.74, 6) is 0.976. The van der Waals surface area contributed by atoms with E-state index in [2.05, 4.69) is 22.2 Å². The van der Waals surface area contributed by atoms with Crippen LogP contribution in [0.1, 0.15) is 71.1 Å². The third-order valence-electron chi connectivity index (χ3n) is 3.53. The molecule has 0 aliphatic heterocycles. The number of esters is 1. The third-order valence-corrected chi connectivity index (χ3v) is 3.53. The highest BCUT2D eigenvalue weighted by Gasteiger charge is 2.16. The Morgan fingerprint density at radius 2 is 1.92 bits per heavy atom. The number of nitrogen functional groups attached to an aromatic ring is 1. The van der Waals surface area contributed by atoms with E-state index < -0.39 is 5.60 Å². The van der Waals surface area contributed by atoms with Gasteiger partial charge in [0.1, 0.15) is 11.4 Å². The van der Waals surface area contributed by atoms with Crippen LogP contribution in [0.3, 0.4) is 0 Å². The van der Waals surface area contributed by atoms with Gasteiger partial charge in [-0.25, -0.2) is 4.98 Å². The van der Waals surface area contributed by atoms with Crippen LogP contribution in [0.5, 0.6) is 0 Å². The molecule has 136 valence electrons. The largest absolute Gasteiger partial charge is 0.460 e. The summed E-state index contributed by atoms with van der Waals surface area (Å²) in [6, 6.07) is 0. The monoisotopic (exact) mass is 336 g/mol. The molecule has 1 heterocycles. The van der Waals surface area contributed by atoms with Gasteiger partial charge in [0.25, 0.3) is 0 Å².